The second-order valence-corrected chi connectivity index (χ2v) is 6.19. The van der Waals surface area contributed by atoms with Crippen LogP contribution in [0, 0.1) is 17.2 Å². The lowest BCUT2D eigenvalue weighted by molar-refractivity contribution is -0.140. The van der Waals surface area contributed by atoms with Gasteiger partial charge in [-0.2, -0.15) is 5.26 Å². The first-order valence-electron chi connectivity index (χ1n) is 7.74. The highest BCUT2D eigenvalue weighted by molar-refractivity contribution is 5.79. The van der Waals surface area contributed by atoms with Crippen molar-refractivity contribution in [1.29, 1.82) is 5.26 Å². The van der Waals surface area contributed by atoms with Gasteiger partial charge < -0.3 is 9.47 Å². The zero-order chi connectivity index (χ0) is 14.8. The topological polar surface area (TPSA) is 52.3 Å². The fourth-order valence-corrected chi connectivity index (χ4v) is 3.13. The molecule has 0 unspecified atom stereocenters. The minimum absolute atomic E-state index is 0.309. The first-order valence-corrected chi connectivity index (χ1v) is 7.74. The summed E-state index contributed by atoms with van der Waals surface area (Å²) in [7, 11) is 1.90. The Morgan fingerprint density at radius 3 is 2.57 bits per heavy atom. The van der Waals surface area contributed by atoms with Crippen molar-refractivity contribution in [2.75, 3.05) is 26.2 Å². The molecule has 0 aromatic carbocycles. The summed E-state index contributed by atoms with van der Waals surface area (Å²) < 4.78 is 1.87. The van der Waals surface area contributed by atoms with Gasteiger partial charge in [0.05, 0.1) is 0 Å². The maximum absolute atomic E-state index is 12.2. The van der Waals surface area contributed by atoms with Crippen molar-refractivity contribution in [3.8, 4) is 6.07 Å². The molecule has 1 saturated heterocycles. The minimum Gasteiger partial charge on any atom is -0.342 e. The number of nitrogens with zero attached hydrogens (tertiary/aromatic N) is 4. The molecule has 2 fully saturated rings. The molecule has 1 amide bonds. The van der Waals surface area contributed by atoms with Crippen molar-refractivity contribution in [1.82, 2.24) is 14.4 Å². The van der Waals surface area contributed by atoms with Gasteiger partial charge in [-0.1, -0.05) is 6.42 Å². The number of carbonyl (C=O) groups is 1. The Hall–Kier alpha value is -1.80. The van der Waals surface area contributed by atoms with Crippen LogP contribution >= 0.6 is 0 Å². The smallest absolute Gasteiger partial charge is 0.225 e. The van der Waals surface area contributed by atoms with E-state index in [4.69, 9.17) is 5.26 Å². The maximum atomic E-state index is 12.2. The van der Waals surface area contributed by atoms with Crippen LogP contribution in [-0.4, -0.2) is 46.5 Å². The van der Waals surface area contributed by atoms with Crippen LogP contribution in [0.1, 0.15) is 30.5 Å². The second-order valence-electron chi connectivity index (χ2n) is 6.19. The van der Waals surface area contributed by atoms with E-state index in [1.54, 1.807) is 0 Å². The lowest BCUT2D eigenvalue weighted by atomic mass is 9.84. The van der Waals surface area contributed by atoms with Crippen LogP contribution in [0.2, 0.25) is 0 Å². The van der Waals surface area contributed by atoms with E-state index in [0.717, 1.165) is 45.6 Å². The summed E-state index contributed by atoms with van der Waals surface area (Å²) in [4.78, 5) is 16.6. The Labute approximate surface area is 125 Å². The number of hydrogen-bond acceptors (Lipinski definition) is 3. The molecule has 0 bridgehead atoms. The van der Waals surface area contributed by atoms with Gasteiger partial charge in [-0.25, -0.2) is 0 Å². The quantitative estimate of drug-likeness (QED) is 0.842. The van der Waals surface area contributed by atoms with E-state index in [9.17, 15) is 4.79 Å². The highest BCUT2D eigenvalue weighted by Gasteiger charge is 2.31. The van der Waals surface area contributed by atoms with E-state index in [-0.39, 0.29) is 0 Å². The van der Waals surface area contributed by atoms with Crippen molar-refractivity contribution < 1.29 is 4.79 Å². The third kappa shape index (κ3) is 2.96. The number of aromatic nitrogens is 1. The molecule has 3 rings (SSSR count). The zero-order valence-corrected chi connectivity index (χ0v) is 12.6. The van der Waals surface area contributed by atoms with Gasteiger partial charge in [0.1, 0.15) is 11.8 Å². The molecule has 1 saturated carbocycles. The predicted octanol–water partition coefficient (Wildman–Crippen LogP) is 1.34. The van der Waals surface area contributed by atoms with Crippen LogP contribution in [-0.2, 0) is 18.4 Å². The average Bonchev–Trinajstić information content (AvgIpc) is 2.77. The van der Waals surface area contributed by atoms with Gasteiger partial charge in [-0.05, 0) is 24.5 Å². The lowest BCUT2D eigenvalue weighted by Crippen LogP contribution is -2.50. The summed E-state index contributed by atoms with van der Waals surface area (Å²) in [6.45, 7) is 4.39. The Morgan fingerprint density at radius 2 is 2.05 bits per heavy atom. The molecular formula is C16H22N4O. The highest BCUT2D eigenvalue weighted by Crippen LogP contribution is 2.28. The predicted molar refractivity (Wildman–Crippen MR) is 79.3 cm³/mol. The molecule has 2 aliphatic rings. The van der Waals surface area contributed by atoms with Gasteiger partial charge in [-0.15, -0.1) is 0 Å². The summed E-state index contributed by atoms with van der Waals surface area (Å²) in [5.41, 5.74) is 1.87. The van der Waals surface area contributed by atoms with Crippen molar-refractivity contribution in [3.63, 3.8) is 0 Å². The Balaban J connectivity index is 1.51. The van der Waals surface area contributed by atoms with Crippen LogP contribution in [0.3, 0.4) is 0 Å². The van der Waals surface area contributed by atoms with E-state index in [2.05, 4.69) is 11.0 Å². The maximum Gasteiger partial charge on any atom is 0.225 e. The molecule has 2 heterocycles. The van der Waals surface area contributed by atoms with Crippen molar-refractivity contribution >= 4 is 5.91 Å². The van der Waals surface area contributed by atoms with Crippen LogP contribution in [0.15, 0.2) is 12.3 Å². The highest BCUT2D eigenvalue weighted by atomic mass is 16.2. The number of nitriles is 1. The van der Waals surface area contributed by atoms with E-state index < -0.39 is 0 Å². The molecule has 1 aliphatic heterocycles. The fourth-order valence-electron chi connectivity index (χ4n) is 3.13. The first kappa shape index (κ1) is 14.2. The molecule has 1 aliphatic carbocycles. The Bertz CT molecular complexity index is 559. The van der Waals surface area contributed by atoms with Gasteiger partial charge in [0, 0.05) is 51.9 Å². The first-order chi connectivity index (χ1) is 10.2. The zero-order valence-electron chi connectivity index (χ0n) is 12.6. The Morgan fingerprint density at radius 1 is 1.33 bits per heavy atom. The molecule has 5 nitrogen and oxygen atoms in total. The lowest BCUT2D eigenvalue weighted by Gasteiger charge is -2.38. The largest absolute Gasteiger partial charge is 0.342 e. The minimum atomic E-state index is 0.309. The third-order valence-electron chi connectivity index (χ3n) is 4.72. The standard InChI is InChI=1S/C16H22N4O/c1-18-11-13(9-15(18)10-17)12-19-5-7-20(8-6-19)16(21)14-3-2-4-14/h9,11,14H,2-8,12H2,1H3. The second kappa shape index (κ2) is 5.90. The van der Waals surface area contributed by atoms with Crippen molar-refractivity contribution in [2.24, 2.45) is 13.0 Å². The van der Waals surface area contributed by atoms with E-state index in [1.165, 1.54) is 12.0 Å². The monoisotopic (exact) mass is 286 g/mol. The van der Waals surface area contributed by atoms with Gasteiger partial charge >= 0.3 is 0 Å². The van der Waals surface area contributed by atoms with Crippen LogP contribution in [0.5, 0.6) is 0 Å². The number of piperazine rings is 1. The molecule has 5 heteroatoms. The van der Waals surface area contributed by atoms with Gasteiger partial charge in [0.25, 0.3) is 0 Å². The summed E-state index contributed by atoms with van der Waals surface area (Å²) >= 11 is 0. The normalized spacial score (nSPS) is 20.1. The van der Waals surface area contributed by atoms with Gasteiger partial charge in [0.2, 0.25) is 5.91 Å². The van der Waals surface area contributed by atoms with Crippen molar-refractivity contribution in [3.05, 3.63) is 23.5 Å². The number of amides is 1. The Kier molecular flexibility index (Phi) is 3.98. The molecule has 0 radical (unpaired) electrons. The van der Waals surface area contributed by atoms with Gasteiger partial charge in [-0.3, -0.25) is 9.69 Å². The summed E-state index contributed by atoms with van der Waals surface area (Å²) in [5, 5.41) is 8.99. The molecular weight excluding hydrogens is 264 g/mol. The molecule has 0 N–H and O–H groups in total. The van der Waals surface area contributed by atoms with Crippen LogP contribution < -0.4 is 0 Å². The van der Waals surface area contributed by atoms with Crippen LogP contribution in [0.25, 0.3) is 0 Å². The fraction of sp³-hybridized carbons (Fsp3) is 0.625. The molecule has 1 aromatic rings. The SMILES string of the molecule is Cn1cc(CN2CCN(C(=O)C3CCC3)CC2)cc1C#N. The number of rotatable bonds is 3. The van der Waals surface area contributed by atoms with E-state index >= 15 is 0 Å². The average molecular weight is 286 g/mol. The van der Waals surface area contributed by atoms with Gasteiger partial charge in [0.15, 0.2) is 0 Å². The summed E-state index contributed by atoms with van der Waals surface area (Å²) in [6.07, 6.45) is 5.40. The summed E-state index contributed by atoms with van der Waals surface area (Å²) in [6, 6.07) is 4.14. The molecule has 0 atom stereocenters. The summed E-state index contributed by atoms with van der Waals surface area (Å²) in [5.74, 6) is 0.677. The van der Waals surface area contributed by atoms with E-state index in [1.807, 2.05) is 28.8 Å². The number of carbonyl (C=O) groups excluding carboxylic acids is 1. The van der Waals surface area contributed by atoms with Crippen LogP contribution in [0.4, 0.5) is 0 Å². The number of aryl methyl sites for hydroxylation is 1. The van der Waals surface area contributed by atoms with Crippen molar-refractivity contribution in [2.45, 2.75) is 25.8 Å². The molecule has 21 heavy (non-hydrogen) atoms. The molecule has 1 aromatic heterocycles. The molecule has 0 spiro atoms. The third-order valence-corrected chi connectivity index (χ3v) is 4.72. The number of hydrogen-bond donors (Lipinski definition) is 0. The van der Waals surface area contributed by atoms with E-state index in [0.29, 0.717) is 17.5 Å². The molecule has 112 valence electrons.